The van der Waals surface area contributed by atoms with Crippen LogP contribution in [0.4, 0.5) is 0 Å². The van der Waals surface area contributed by atoms with E-state index >= 15 is 0 Å². The smallest absolute Gasteiger partial charge is 0.275 e. The summed E-state index contributed by atoms with van der Waals surface area (Å²) < 4.78 is 5.23. The molecule has 0 saturated carbocycles. The molecule has 1 aliphatic heterocycles. The number of rotatable bonds is 5. The van der Waals surface area contributed by atoms with Gasteiger partial charge in [0.15, 0.2) is 13.1 Å². The van der Waals surface area contributed by atoms with E-state index in [-0.39, 0.29) is 11.8 Å². The molecule has 0 aromatic heterocycles. The molecule has 3 N–H and O–H groups in total. The van der Waals surface area contributed by atoms with Gasteiger partial charge in [0.25, 0.3) is 11.8 Å². The lowest BCUT2D eigenvalue weighted by Gasteiger charge is -2.23. The average Bonchev–Trinajstić information content (AvgIpc) is 2.45. The second-order valence-corrected chi connectivity index (χ2v) is 4.79. The van der Waals surface area contributed by atoms with E-state index in [9.17, 15) is 9.59 Å². The highest BCUT2D eigenvalue weighted by molar-refractivity contribution is 5.79. The third-order valence-corrected chi connectivity index (χ3v) is 3.29. The second kappa shape index (κ2) is 6.91. The zero-order valence-corrected chi connectivity index (χ0v) is 11.6. The van der Waals surface area contributed by atoms with Gasteiger partial charge in [0.05, 0.1) is 20.2 Å². The highest BCUT2D eigenvalue weighted by atomic mass is 16.5. The Bertz CT molecular complexity index is 490. The number of hydrogen-bond acceptors (Lipinski definition) is 3. The number of amides is 2. The SMILES string of the molecule is COc1ccccc1CNC(=O)C[NH+]1CCNC(=O)C1. The first-order valence-corrected chi connectivity index (χ1v) is 6.68. The van der Waals surface area contributed by atoms with Crippen LogP contribution < -0.4 is 20.3 Å². The fourth-order valence-corrected chi connectivity index (χ4v) is 2.24. The van der Waals surface area contributed by atoms with Gasteiger partial charge < -0.3 is 20.3 Å². The molecule has 0 spiro atoms. The van der Waals surface area contributed by atoms with E-state index < -0.39 is 0 Å². The van der Waals surface area contributed by atoms with Crippen molar-refractivity contribution in [2.24, 2.45) is 0 Å². The van der Waals surface area contributed by atoms with E-state index in [2.05, 4.69) is 10.6 Å². The summed E-state index contributed by atoms with van der Waals surface area (Å²) in [5.41, 5.74) is 0.940. The molecule has 1 aromatic rings. The Balaban J connectivity index is 1.81. The Kier molecular flexibility index (Phi) is 4.95. The number of ether oxygens (including phenoxy) is 1. The third kappa shape index (κ3) is 3.96. The van der Waals surface area contributed by atoms with Gasteiger partial charge in [0.1, 0.15) is 5.75 Å². The summed E-state index contributed by atoms with van der Waals surface area (Å²) >= 11 is 0. The summed E-state index contributed by atoms with van der Waals surface area (Å²) in [5, 5.41) is 5.61. The molecule has 1 aliphatic rings. The van der Waals surface area contributed by atoms with E-state index in [0.29, 0.717) is 26.2 Å². The van der Waals surface area contributed by atoms with Crippen molar-refractivity contribution >= 4 is 11.8 Å². The van der Waals surface area contributed by atoms with Gasteiger partial charge in [-0.1, -0.05) is 18.2 Å². The van der Waals surface area contributed by atoms with Gasteiger partial charge in [-0.25, -0.2) is 0 Å². The van der Waals surface area contributed by atoms with Crippen molar-refractivity contribution in [3.8, 4) is 5.75 Å². The van der Waals surface area contributed by atoms with Crippen LogP contribution in [-0.2, 0) is 16.1 Å². The summed E-state index contributed by atoms with van der Waals surface area (Å²) in [7, 11) is 1.61. The van der Waals surface area contributed by atoms with E-state index in [0.717, 1.165) is 22.8 Å². The Morgan fingerprint density at radius 1 is 1.45 bits per heavy atom. The standard InChI is InChI=1S/C14H19N3O3/c1-20-12-5-3-2-4-11(12)8-16-14(19)10-17-7-6-15-13(18)9-17/h2-5H,6-10H2,1H3,(H,15,18)(H,16,19)/p+1. The van der Waals surface area contributed by atoms with Gasteiger partial charge in [-0.3, -0.25) is 9.59 Å². The number of carbonyl (C=O) groups is 2. The maximum absolute atomic E-state index is 11.9. The van der Waals surface area contributed by atoms with Crippen molar-refractivity contribution in [3.05, 3.63) is 29.8 Å². The lowest BCUT2D eigenvalue weighted by atomic mass is 10.2. The number of para-hydroxylation sites is 1. The highest BCUT2D eigenvalue weighted by Gasteiger charge is 2.21. The van der Waals surface area contributed by atoms with Gasteiger partial charge in [-0.15, -0.1) is 0 Å². The fourth-order valence-electron chi connectivity index (χ4n) is 2.24. The summed E-state index contributed by atoms with van der Waals surface area (Å²) in [4.78, 5) is 24.1. The maximum Gasteiger partial charge on any atom is 0.275 e. The van der Waals surface area contributed by atoms with Crippen molar-refractivity contribution in [1.82, 2.24) is 10.6 Å². The van der Waals surface area contributed by atoms with Crippen molar-refractivity contribution in [3.63, 3.8) is 0 Å². The van der Waals surface area contributed by atoms with Gasteiger partial charge in [-0.2, -0.15) is 0 Å². The van der Waals surface area contributed by atoms with Crippen molar-refractivity contribution in [2.75, 3.05) is 33.3 Å². The van der Waals surface area contributed by atoms with Crippen LogP contribution in [0, 0.1) is 0 Å². The molecule has 20 heavy (non-hydrogen) atoms. The number of carbonyl (C=O) groups excluding carboxylic acids is 2. The summed E-state index contributed by atoms with van der Waals surface area (Å²) in [6.07, 6.45) is 0. The first-order chi connectivity index (χ1) is 9.69. The summed E-state index contributed by atoms with van der Waals surface area (Å²) in [5.74, 6) is 0.710. The molecule has 0 aliphatic carbocycles. The van der Waals surface area contributed by atoms with Gasteiger partial charge in [0.2, 0.25) is 0 Å². The molecule has 1 saturated heterocycles. The summed E-state index contributed by atoms with van der Waals surface area (Å²) in [6, 6.07) is 7.58. The molecule has 0 radical (unpaired) electrons. The molecule has 2 amide bonds. The van der Waals surface area contributed by atoms with Crippen LogP contribution in [0.1, 0.15) is 5.56 Å². The van der Waals surface area contributed by atoms with Crippen LogP contribution in [0.5, 0.6) is 5.75 Å². The molecule has 0 bridgehead atoms. The lowest BCUT2D eigenvalue weighted by Crippen LogP contribution is -3.16. The Hall–Kier alpha value is -2.08. The monoisotopic (exact) mass is 278 g/mol. The number of hydrogen-bond donors (Lipinski definition) is 3. The lowest BCUT2D eigenvalue weighted by molar-refractivity contribution is -0.885. The fraction of sp³-hybridized carbons (Fsp3) is 0.429. The Morgan fingerprint density at radius 2 is 2.25 bits per heavy atom. The molecule has 108 valence electrons. The van der Waals surface area contributed by atoms with E-state index in [1.165, 1.54) is 0 Å². The highest BCUT2D eigenvalue weighted by Crippen LogP contribution is 2.16. The molecule has 1 aromatic carbocycles. The normalized spacial score (nSPS) is 18.2. The van der Waals surface area contributed by atoms with Crippen LogP contribution in [0.25, 0.3) is 0 Å². The van der Waals surface area contributed by atoms with Crippen LogP contribution >= 0.6 is 0 Å². The predicted octanol–water partition coefficient (Wildman–Crippen LogP) is -1.67. The average molecular weight is 278 g/mol. The molecule has 6 nitrogen and oxygen atoms in total. The minimum absolute atomic E-state index is 0.00350. The van der Waals surface area contributed by atoms with E-state index in [1.54, 1.807) is 7.11 Å². The van der Waals surface area contributed by atoms with E-state index in [1.807, 2.05) is 24.3 Å². The van der Waals surface area contributed by atoms with Crippen LogP contribution in [0.15, 0.2) is 24.3 Å². The third-order valence-electron chi connectivity index (χ3n) is 3.29. The largest absolute Gasteiger partial charge is 0.496 e. The number of methoxy groups -OCH3 is 1. The second-order valence-electron chi connectivity index (χ2n) is 4.79. The van der Waals surface area contributed by atoms with Crippen molar-refractivity contribution in [2.45, 2.75) is 6.54 Å². The summed E-state index contributed by atoms with van der Waals surface area (Å²) in [6.45, 7) is 2.54. The van der Waals surface area contributed by atoms with Gasteiger partial charge in [-0.05, 0) is 6.07 Å². The molecule has 2 rings (SSSR count). The van der Waals surface area contributed by atoms with Crippen LogP contribution in [0.3, 0.4) is 0 Å². The number of quaternary nitrogens is 1. The first kappa shape index (κ1) is 14.3. The Labute approximate surface area is 118 Å². The minimum Gasteiger partial charge on any atom is -0.496 e. The molecular weight excluding hydrogens is 258 g/mol. The van der Waals surface area contributed by atoms with E-state index in [4.69, 9.17) is 4.74 Å². The van der Waals surface area contributed by atoms with Gasteiger partial charge >= 0.3 is 0 Å². The first-order valence-electron chi connectivity index (χ1n) is 6.68. The quantitative estimate of drug-likeness (QED) is 0.603. The molecular formula is C14H20N3O3+. The predicted molar refractivity (Wildman–Crippen MR) is 73.4 cm³/mol. The van der Waals surface area contributed by atoms with Crippen molar-refractivity contribution in [1.29, 1.82) is 0 Å². The molecule has 6 heteroatoms. The molecule has 1 unspecified atom stereocenters. The maximum atomic E-state index is 11.9. The number of piperazine rings is 1. The molecule has 1 atom stereocenters. The number of benzene rings is 1. The molecule has 1 heterocycles. The van der Waals surface area contributed by atoms with Crippen LogP contribution in [0.2, 0.25) is 0 Å². The van der Waals surface area contributed by atoms with Crippen molar-refractivity contribution < 1.29 is 19.2 Å². The zero-order chi connectivity index (χ0) is 14.4. The molecule has 1 fully saturated rings. The Morgan fingerprint density at radius 3 is 3.00 bits per heavy atom. The minimum atomic E-state index is -0.0550. The topological polar surface area (TPSA) is 71.9 Å². The van der Waals surface area contributed by atoms with Crippen LogP contribution in [-0.4, -0.2) is 45.1 Å². The zero-order valence-electron chi connectivity index (χ0n) is 11.6. The van der Waals surface area contributed by atoms with Gasteiger partial charge in [0, 0.05) is 12.1 Å². The number of nitrogens with one attached hydrogen (secondary N) is 3.